The summed E-state index contributed by atoms with van der Waals surface area (Å²) in [7, 11) is 0. The maximum Gasteiger partial charge on any atom is 0.316 e. The topological polar surface area (TPSA) is 92.8 Å². The summed E-state index contributed by atoms with van der Waals surface area (Å²) in [4.78, 5) is 20.5. The van der Waals surface area contributed by atoms with Crippen molar-refractivity contribution in [3.63, 3.8) is 0 Å². The zero-order valence-electron chi connectivity index (χ0n) is 12.6. The van der Waals surface area contributed by atoms with Gasteiger partial charge >= 0.3 is 5.97 Å². The molecule has 0 spiro atoms. The predicted molar refractivity (Wildman–Crippen MR) is 82.4 cm³/mol. The molecule has 0 unspecified atom stereocenters. The number of nitrogens with zero attached hydrogens (tertiary/aromatic N) is 3. The number of nitrogens with one attached hydrogen (secondary N) is 2. The van der Waals surface area contributed by atoms with Gasteiger partial charge in [-0.1, -0.05) is 11.8 Å². The number of carbonyl (C=O) groups is 1. The third-order valence-corrected chi connectivity index (χ3v) is 3.32. The summed E-state index contributed by atoms with van der Waals surface area (Å²) >= 11 is 1.32. The summed E-state index contributed by atoms with van der Waals surface area (Å²) in [5.41, 5.74) is 0.163. The molecule has 0 atom stereocenters. The number of carbonyl (C=O) groups excluding carboxylic acids is 1. The Labute approximate surface area is 127 Å². The molecule has 0 saturated carbocycles. The van der Waals surface area contributed by atoms with Crippen LogP contribution in [0.4, 0.5) is 5.95 Å². The summed E-state index contributed by atoms with van der Waals surface area (Å²) in [5.74, 6) is 0.439. The number of fused-ring (bicyclic) bond motifs is 1. The van der Waals surface area contributed by atoms with E-state index < -0.39 is 5.60 Å². The maximum atomic E-state index is 11.8. The average molecular weight is 309 g/mol. The van der Waals surface area contributed by atoms with Gasteiger partial charge in [-0.05, 0) is 27.7 Å². The van der Waals surface area contributed by atoms with Gasteiger partial charge in [-0.3, -0.25) is 9.89 Å². The molecule has 0 aliphatic carbocycles. The Kier molecular flexibility index (Phi) is 4.66. The van der Waals surface area contributed by atoms with Crippen molar-refractivity contribution in [2.75, 3.05) is 17.6 Å². The number of anilines is 1. The highest BCUT2D eigenvalue weighted by Gasteiger charge is 2.18. The zero-order chi connectivity index (χ0) is 15.5. The van der Waals surface area contributed by atoms with Crippen molar-refractivity contribution in [2.45, 2.75) is 38.3 Å². The van der Waals surface area contributed by atoms with Crippen LogP contribution in [0.2, 0.25) is 0 Å². The molecule has 0 aliphatic heterocycles. The lowest BCUT2D eigenvalue weighted by molar-refractivity contribution is -0.151. The maximum absolute atomic E-state index is 11.8. The smallest absolute Gasteiger partial charge is 0.316 e. The molecule has 0 saturated heterocycles. The fourth-order valence-electron chi connectivity index (χ4n) is 1.65. The molecule has 0 fully saturated rings. The molecule has 7 nitrogen and oxygen atoms in total. The van der Waals surface area contributed by atoms with Gasteiger partial charge < -0.3 is 10.1 Å². The van der Waals surface area contributed by atoms with Crippen LogP contribution in [0, 0.1) is 0 Å². The number of esters is 1. The Balaban J connectivity index is 2.13. The van der Waals surface area contributed by atoms with Gasteiger partial charge in [-0.15, -0.1) is 0 Å². The molecule has 0 radical (unpaired) electrons. The van der Waals surface area contributed by atoms with E-state index in [1.165, 1.54) is 11.8 Å². The van der Waals surface area contributed by atoms with E-state index in [9.17, 15) is 4.79 Å². The van der Waals surface area contributed by atoms with E-state index in [0.29, 0.717) is 16.6 Å². The highest BCUT2D eigenvalue weighted by atomic mass is 32.2. The Hall–Kier alpha value is -1.83. The molecular formula is C13H19N5O2S. The van der Waals surface area contributed by atoms with Crippen molar-refractivity contribution in [2.24, 2.45) is 0 Å². The Bertz CT molecular complexity index is 635. The predicted octanol–water partition coefficient (Wildman–Crippen LogP) is 2.22. The van der Waals surface area contributed by atoms with E-state index in [1.54, 1.807) is 6.20 Å². The minimum absolute atomic E-state index is 0.195. The normalized spacial score (nSPS) is 11.6. The standard InChI is InChI=1S/C13H19N5O2S/c1-5-14-12-16-10-8(6-15-18-10)11(17-12)21-7-9(19)20-13(2,3)4/h6H,5,7H2,1-4H3,(H2,14,15,16,17,18). The second kappa shape index (κ2) is 6.30. The molecule has 21 heavy (non-hydrogen) atoms. The number of ether oxygens (including phenoxy) is 1. The summed E-state index contributed by atoms with van der Waals surface area (Å²) < 4.78 is 5.29. The number of thioether (sulfide) groups is 1. The van der Waals surface area contributed by atoms with Crippen molar-refractivity contribution in [1.82, 2.24) is 20.2 Å². The van der Waals surface area contributed by atoms with Gasteiger partial charge in [0.25, 0.3) is 0 Å². The molecule has 0 bridgehead atoms. The van der Waals surface area contributed by atoms with E-state index in [2.05, 4.69) is 25.5 Å². The van der Waals surface area contributed by atoms with Gasteiger partial charge in [-0.2, -0.15) is 10.1 Å². The molecule has 114 valence electrons. The van der Waals surface area contributed by atoms with Crippen molar-refractivity contribution < 1.29 is 9.53 Å². The van der Waals surface area contributed by atoms with Gasteiger partial charge in [0.2, 0.25) is 5.95 Å². The first-order chi connectivity index (χ1) is 9.89. The van der Waals surface area contributed by atoms with Gasteiger partial charge in [-0.25, -0.2) is 4.98 Å². The second-order valence-electron chi connectivity index (χ2n) is 5.39. The molecule has 0 aliphatic rings. The third-order valence-electron chi connectivity index (χ3n) is 2.36. The SMILES string of the molecule is CCNc1nc(SCC(=O)OC(C)(C)C)c2cn[nH]c2n1. The summed E-state index contributed by atoms with van der Waals surface area (Å²) in [5, 5.41) is 11.3. The van der Waals surface area contributed by atoms with Crippen LogP contribution >= 0.6 is 11.8 Å². The number of H-pyrrole nitrogens is 1. The zero-order valence-corrected chi connectivity index (χ0v) is 13.4. The van der Waals surface area contributed by atoms with Gasteiger partial charge in [0.1, 0.15) is 10.6 Å². The fraction of sp³-hybridized carbons (Fsp3) is 0.538. The molecular weight excluding hydrogens is 290 g/mol. The van der Waals surface area contributed by atoms with Crippen LogP contribution in [-0.2, 0) is 9.53 Å². The van der Waals surface area contributed by atoms with Crippen molar-refractivity contribution >= 4 is 34.7 Å². The number of aromatic amines is 1. The van der Waals surface area contributed by atoms with Crippen LogP contribution in [0.15, 0.2) is 11.2 Å². The fourth-order valence-corrected chi connectivity index (χ4v) is 2.42. The Morgan fingerprint density at radius 1 is 1.43 bits per heavy atom. The third kappa shape index (κ3) is 4.32. The molecule has 2 heterocycles. The van der Waals surface area contributed by atoms with E-state index in [1.807, 2.05) is 27.7 Å². The number of hydrogen-bond acceptors (Lipinski definition) is 7. The number of hydrogen-bond donors (Lipinski definition) is 2. The van der Waals surface area contributed by atoms with Crippen LogP contribution in [-0.4, -0.2) is 44.0 Å². The molecule has 2 rings (SSSR count). The van der Waals surface area contributed by atoms with Crippen molar-refractivity contribution in [3.05, 3.63) is 6.20 Å². The molecule has 8 heteroatoms. The highest BCUT2D eigenvalue weighted by molar-refractivity contribution is 8.00. The summed E-state index contributed by atoms with van der Waals surface area (Å²) in [6, 6.07) is 0. The molecule has 2 aromatic heterocycles. The Morgan fingerprint density at radius 3 is 2.86 bits per heavy atom. The first-order valence-corrected chi connectivity index (χ1v) is 7.67. The quantitative estimate of drug-likeness (QED) is 0.497. The lowest BCUT2D eigenvalue weighted by atomic mass is 10.2. The van der Waals surface area contributed by atoms with Crippen LogP contribution < -0.4 is 5.32 Å². The summed E-state index contributed by atoms with van der Waals surface area (Å²) in [6.45, 7) is 8.22. The van der Waals surface area contributed by atoms with E-state index >= 15 is 0 Å². The Morgan fingerprint density at radius 2 is 2.19 bits per heavy atom. The van der Waals surface area contributed by atoms with Gasteiger partial charge in [0.15, 0.2) is 5.65 Å². The monoisotopic (exact) mass is 309 g/mol. The minimum Gasteiger partial charge on any atom is -0.459 e. The molecule has 0 amide bonds. The largest absolute Gasteiger partial charge is 0.459 e. The van der Waals surface area contributed by atoms with E-state index in [0.717, 1.165) is 11.9 Å². The van der Waals surface area contributed by atoms with Gasteiger partial charge in [0.05, 0.1) is 17.3 Å². The van der Waals surface area contributed by atoms with Crippen molar-refractivity contribution in [3.8, 4) is 0 Å². The number of rotatable bonds is 5. The second-order valence-corrected chi connectivity index (χ2v) is 6.35. The molecule has 2 aromatic rings. The van der Waals surface area contributed by atoms with Gasteiger partial charge in [0, 0.05) is 6.54 Å². The van der Waals surface area contributed by atoms with E-state index in [-0.39, 0.29) is 11.7 Å². The summed E-state index contributed by atoms with van der Waals surface area (Å²) in [6.07, 6.45) is 1.66. The minimum atomic E-state index is -0.483. The molecule has 0 aromatic carbocycles. The lowest BCUT2D eigenvalue weighted by Crippen LogP contribution is -2.24. The van der Waals surface area contributed by atoms with E-state index in [4.69, 9.17) is 4.74 Å². The first kappa shape index (κ1) is 15.6. The van der Waals surface area contributed by atoms with Crippen LogP contribution in [0.25, 0.3) is 11.0 Å². The highest BCUT2D eigenvalue weighted by Crippen LogP contribution is 2.25. The lowest BCUT2D eigenvalue weighted by Gasteiger charge is -2.19. The van der Waals surface area contributed by atoms with Crippen molar-refractivity contribution in [1.29, 1.82) is 0 Å². The van der Waals surface area contributed by atoms with Crippen LogP contribution in [0.5, 0.6) is 0 Å². The number of aromatic nitrogens is 4. The van der Waals surface area contributed by atoms with Crippen LogP contribution in [0.3, 0.4) is 0 Å². The first-order valence-electron chi connectivity index (χ1n) is 6.68. The molecule has 2 N–H and O–H groups in total. The van der Waals surface area contributed by atoms with Crippen LogP contribution in [0.1, 0.15) is 27.7 Å². The average Bonchev–Trinajstić information content (AvgIpc) is 2.82.